The number of aromatic nitrogens is 1. The number of allylic oxidation sites excluding steroid dienone is 1. The lowest BCUT2D eigenvalue weighted by molar-refractivity contribution is 0.415. The van der Waals surface area contributed by atoms with Gasteiger partial charge in [0.25, 0.3) is 0 Å². The number of anilines is 2. The summed E-state index contributed by atoms with van der Waals surface area (Å²) in [5.74, 6) is 1.71. The number of nitrogens with zero attached hydrogens (tertiary/aromatic N) is 4. The Morgan fingerprint density at radius 1 is 0.882 bits per heavy atom. The summed E-state index contributed by atoms with van der Waals surface area (Å²) in [6, 6.07) is 29.2. The second-order valence-corrected chi connectivity index (χ2v) is 8.61. The molecule has 3 aromatic carbocycles. The molecule has 0 fully saturated rings. The van der Waals surface area contributed by atoms with Gasteiger partial charge in [0.15, 0.2) is 0 Å². The van der Waals surface area contributed by atoms with Crippen LogP contribution < -0.4 is 14.6 Å². The van der Waals surface area contributed by atoms with Gasteiger partial charge < -0.3 is 9.64 Å². The van der Waals surface area contributed by atoms with E-state index in [1.807, 2.05) is 42.5 Å². The highest BCUT2D eigenvalue weighted by molar-refractivity contribution is 6.01. The molecule has 0 amide bonds. The van der Waals surface area contributed by atoms with Crippen molar-refractivity contribution in [3.8, 4) is 5.75 Å². The molecule has 0 saturated carbocycles. The van der Waals surface area contributed by atoms with E-state index in [0.717, 1.165) is 40.2 Å². The smallest absolute Gasteiger partial charge is 0.150 e. The topological polar surface area (TPSA) is 41.0 Å². The number of methoxy groups -OCH3 is 1. The van der Waals surface area contributed by atoms with E-state index in [4.69, 9.17) is 14.8 Å². The molecule has 1 aromatic heterocycles. The maximum absolute atomic E-state index is 5.26. The summed E-state index contributed by atoms with van der Waals surface area (Å²) < 4.78 is 5.26. The lowest BCUT2D eigenvalue weighted by Gasteiger charge is -2.24. The number of pyridine rings is 1. The third kappa shape index (κ3) is 4.50. The quantitative estimate of drug-likeness (QED) is 0.346. The summed E-state index contributed by atoms with van der Waals surface area (Å²) in [5.41, 5.74) is 5.50. The van der Waals surface area contributed by atoms with E-state index in [-0.39, 0.29) is 6.04 Å². The van der Waals surface area contributed by atoms with Gasteiger partial charge in [-0.15, -0.1) is 0 Å². The van der Waals surface area contributed by atoms with Gasteiger partial charge in [0.1, 0.15) is 11.6 Å². The molecule has 1 unspecified atom stereocenters. The third-order valence-corrected chi connectivity index (χ3v) is 6.13. The van der Waals surface area contributed by atoms with Crippen molar-refractivity contribution in [1.29, 1.82) is 0 Å². The lowest BCUT2D eigenvalue weighted by Crippen LogP contribution is -2.19. The molecule has 0 saturated heterocycles. The monoisotopic (exact) mass is 448 g/mol. The minimum Gasteiger partial charge on any atom is -0.497 e. The Bertz CT molecular complexity index is 1340. The standard InChI is InChI=1S/C29H28N4O/c1-32(2)25-15-11-23(12-16-25)28-20-24(14-8-21-9-17-26(34-3)18-10-21)31-33(28)29-19-13-22-6-4-5-7-27(22)30-29/h4-19,28H,20H2,1-3H3. The van der Waals surface area contributed by atoms with Crippen molar-refractivity contribution < 1.29 is 4.74 Å². The molecule has 0 spiro atoms. The van der Waals surface area contributed by atoms with Crippen LogP contribution in [0.15, 0.2) is 96.1 Å². The first-order chi connectivity index (χ1) is 16.6. The predicted molar refractivity (Wildman–Crippen MR) is 142 cm³/mol. The minimum absolute atomic E-state index is 0.0837. The number of rotatable bonds is 6. The van der Waals surface area contributed by atoms with Crippen LogP contribution in [0.4, 0.5) is 11.5 Å². The predicted octanol–water partition coefficient (Wildman–Crippen LogP) is 6.33. The number of ether oxygens (including phenoxy) is 1. The van der Waals surface area contributed by atoms with Gasteiger partial charge in [-0.1, -0.05) is 48.5 Å². The first-order valence-corrected chi connectivity index (χ1v) is 11.4. The molecule has 2 heterocycles. The molecule has 1 atom stereocenters. The van der Waals surface area contributed by atoms with Gasteiger partial charge in [-0.25, -0.2) is 9.99 Å². The molecule has 1 aliphatic rings. The summed E-state index contributed by atoms with van der Waals surface area (Å²) >= 11 is 0. The number of hydrazone groups is 1. The zero-order valence-corrected chi connectivity index (χ0v) is 19.7. The Hall–Kier alpha value is -4.12. The van der Waals surface area contributed by atoms with Gasteiger partial charge in [0.05, 0.1) is 24.4 Å². The van der Waals surface area contributed by atoms with Crippen molar-refractivity contribution >= 4 is 34.2 Å². The highest BCUT2D eigenvalue weighted by atomic mass is 16.5. The minimum atomic E-state index is 0.0837. The molecule has 0 aliphatic carbocycles. The number of benzene rings is 3. The Labute approximate surface area is 200 Å². The highest BCUT2D eigenvalue weighted by Crippen LogP contribution is 2.36. The molecule has 170 valence electrons. The van der Waals surface area contributed by atoms with E-state index < -0.39 is 0 Å². The molecule has 5 rings (SSSR count). The zero-order valence-electron chi connectivity index (χ0n) is 19.7. The summed E-state index contributed by atoms with van der Waals surface area (Å²) in [4.78, 5) is 7.03. The van der Waals surface area contributed by atoms with Gasteiger partial charge >= 0.3 is 0 Å². The molecular formula is C29H28N4O. The summed E-state index contributed by atoms with van der Waals surface area (Å²) in [7, 11) is 5.79. The van der Waals surface area contributed by atoms with Gasteiger partial charge in [-0.05, 0) is 59.7 Å². The Balaban J connectivity index is 1.48. The van der Waals surface area contributed by atoms with Gasteiger partial charge in [0, 0.05) is 31.6 Å². The van der Waals surface area contributed by atoms with E-state index in [1.54, 1.807) is 7.11 Å². The molecule has 1 aliphatic heterocycles. The Kier molecular flexibility index (Phi) is 6.00. The van der Waals surface area contributed by atoms with Crippen molar-refractivity contribution in [2.45, 2.75) is 12.5 Å². The fourth-order valence-corrected chi connectivity index (χ4v) is 4.19. The van der Waals surface area contributed by atoms with Crippen LogP contribution in [-0.4, -0.2) is 31.9 Å². The third-order valence-electron chi connectivity index (χ3n) is 6.13. The largest absolute Gasteiger partial charge is 0.497 e. The molecule has 5 heteroatoms. The van der Waals surface area contributed by atoms with E-state index >= 15 is 0 Å². The fraction of sp³-hybridized carbons (Fsp3) is 0.172. The second kappa shape index (κ2) is 9.40. The number of hydrogen-bond acceptors (Lipinski definition) is 5. The van der Waals surface area contributed by atoms with Crippen LogP contribution >= 0.6 is 0 Å². The van der Waals surface area contributed by atoms with Crippen LogP contribution in [-0.2, 0) is 0 Å². The van der Waals surface area contributed by atoms with Crippen LogP contribution in [0.5, 0.6) is 5.75 Å². The van der Waals surface area contributed by atoms with Gasteiger partial charge in [0.2, 0.25) is 0 Å². The highest BCUT2D eigenvalue weighted by Gasteiger charge is 2.29. The summed E-state index contributed by atoms with van der Waals surface area (Å²) in [6.07, 6.45) is 5.01. The molecule has 0 N–H and O–H groups in total. The number of hydrogen-bond donors (Lipinski definition) is 0. The lowest BCUT2D eigenvalue weighted by atomic mass is 10.0. The van der Waals surface area contributed by atoms with Crippen molar-refractivity contribution in [3.63, 3.8) is 0 Å². The average Bonchev–Trinajstić information content (AvgIpc) is 3.32. The van der Waals surface area contributed by atoms with E-state index in [1.165, 1.54) is 11.3 Å². The zero-order chi connectivity index (χ0) is 23.5. The van der Waals surface area contributed by atoms with Gasteiger partial charge in [-0.2, -0.15) is 5.10 Å². The van der Waals surface area contributed by atoms with E-state index in [2.05, 4.69) is 78.6 Å². The molecule has 0 radical (unpaired) electrons. The van der Waals surface area contributed by atoms with E-state index in [9.17, 15) is 0 Å². The normalized spacial score (nSPS) is 15.7. The Morgan fingerprint density at radius 3 is 2.38 bits per heavy atom. The van der Waals surface area contributed by atoms with Crippen molar-refractivity contribution in [3.05, 3.63) is 102 Å². The van der Waals surface area contributed by atoms with Crippen LogP contribution in [0.2, 0.25) is 0 Å². The molecule has 34 heavy (non-hydrogen) atoms. The average molecular weight is 449 g/mol. The maximum atomic E-state index is 5.26. The maximum Gasteiger partial charge on any atom is 0.150 e. The second-order valence-electron chi connectivity index (χ2n) is 8.61. The van der Waals surface area contributed by atoms with Crippen LogP contribution in [0.25, 0.3) is 17.0 Å². The number of fused-ring (bicyclic) bond motifs is 1. The molecule has 5 nitrogen and oxygen atoms in total. The molecular weight excluding hydrogens is 420 g/mol. The van der Waals surface area contributed by atoms with Crippen LogP contribution in [0, 0.1) is 0 Å². The van der Waals surface area contributed by atoms with Crippen molar-refractivity contribution in [1.82, 2.24) is 4.98 Å². The fourth-order valence-electron chi connectivity index (χ4n) is 4.19. The van der Waals surface area contributed by atoms with Crippen molar-refractivity contribution in [2.24, 2.45) is 5.10 Å². The Morgan fingerprint density at radius 2 is 1.65 bits per heavy atom. The molecule has 0 bridgehead atoms. The molecule has 4 aromatic rings. The van der Waals surface area contributed by atoms with E-state index in [0.29, 0.717) is 0 Å². The summed E-state index contributed by atoms with van der Waals surface area (Å²) in [6.45, 7) is 0. The SMILES string of the molecule is COc1ccc(C=CC2=NN(c3ccc4ccccc4n3)C(c3ccc(N(C)C)cc3)C2)cc1. The number of para-hydroxylation sites is 1. The van der Waals surface area contributed by atoms with Crippen molar-refractivity contribution in [2.75, 3.05) is 31.1 Å². The summed E-state index contributed by atoms with van der Waals surface area (Å²) in [5, 5.41) is 8.18. The first-order valence-electron chi connectivity index (χ1n) is 11.4. The van der Waals surface area contributed by atoms with Gasteiger partial charge in [-0.3, -0.25) is 0 Å². The van der Waals surface area contributed by atoms with Crippen LogP contribution in [0.1, 0.15) is 23.6 Å². The first kappa shape index (κ1) is 21.7. The van der Waals surface area contributed by atoms with Crippen LogP contribution in [0.3, 0.4) is 0 Å².